The van der Waals surface area contributed by atoms with Crippen molar-refractivity contribution in [1.82, 2.24) is 10.3 Å². The highest BCUT2D eigenvalue weighted by atomic mass is 32.2. The van der Waals surface area contributed by atoms with Crippen molar-refractivity contribution in [2.75, 3.05) is 0 Å². The molecule has 23 heavy (non-hydrogen) atoms. The van der Waals surface area contributed by atoms with Crippen molar-refractivity contribution in [2.45, 2.75) is 0 Å². The van der Waals surface area contributed by atoms with Crippen LogP contribution < -0.4 is 5.32 Å². The van der Waals surface area contributed by atoms with Gasteiger partial charge in [-0.3, -0.25) is 19.9 Å². The van der Waals surface area contributed by atoms with Crippen LogP contribution in [0, 0.1) is 0 Å². The molecule has 0 aliphatic carbocycles. The van der Waals surface area contributed by atoms with Crippen molar-refractivity contribution in [3.05, 3.63) is 59.3 Å². The number of amides is 2. The number of carbonyl (C=O) groups excluding carboxylic acids is 2. The maximum Gasteiger partial charge on any atom is 0.290 e. The van der Waals surface area contributed by atoms with E-state index in [1.165, 1.54) is 0 Å². The summed E-state index contributed by atoms with van der Waals surface area (Å²) in [5.41, 5.74) is 2.59. The first-order chi connectivity index (χ1) is 11.2. The van der Waals surface area contributed by atoms with Crippen LogP contribution in [0.3, 0.4) is 0 Å². The van der Waals surface area contributed by atoms with E-state index in [-0.39, 0.29) is 11.1 Å². The number of hydrogen-bond donors (Lipinski definition) is 1. The molecule has 4 rings (SSSR count). The topological polar surface area (TPSA) is 72.2 Å². The van der Waals surface area contributed by atoms with Crippen molar-refractivity contribution in [3.8, 4) is 11.3 Å². The van der Waals surface area contributed by atoms with E-state index in [2.05, 4.69) is 10.3 Å². The molecule has 0 atom stereocenters. The average molecular weight is 322 g/mol. The molecule has 3 aromatic rings. The SMILES string of the molecule is O=C1NC(=O)/C(=C/c2ccc3nccc(-c4ccco4)c3c2)S1. The first kappa shape index (κ1) is 13.8. The number of aromatic nitrogens is 1. The predicted molar refractivity (Wildman–Crippen MR) is 88.6 cm³/mol. The fourth-order valence-corrected chi connectivity index (χ4v) is 3.15. The van der Waals surface area contributed by atoms with Crippen LogP contribution >= 0.6 is 11.8 Å². The quantitative estimate of drug-likeness (QED) is 0.726. The number of fused-ring (bicyclic) bond motifs is 1. The second kappa shape index (κ2) is 5.40. The van der Waals surface area contributed by atoms with Gasteiger partial charge in [-0.1, -0.05) is 6.07 Å². The van der Waals surface area contributed by atoms with Gasteiger partial charge in [0.15, 0.2) is 0 Å². The fraction of sp³-hybridized carbons (Fsp3) is 0. The Kier molecular flexibility index (Phi) is 3.24. The molecule has 1 aliphatic heterocycles. The van der Waals surface area contributed by atoms with Crippen LogP contribution in [0.5, 0.6) is 0 Å². The fourth-order valence-electron chi connectivity index (χ4n) is 2.47. The number of rotatable bonds is 2. The molecule has 3 heterocycles. The largest absolute Gasteiger partial charge is 0.464 e. The normalized spacial score (nSPS) is 16.3. The predicted octanol–water partition coefficient (Wildman–Crippen LogP) is 3.82. The third-order valence-corrected chi connectivity index (χ3v) is 4.30. The Morgan fingerprint density at radius 3 is 2.83 bits per heavy atom. The van der Waals surface area contributed by atoms with Crippen LogP contribution in [0.25, 0.3) is 28.3 Å². The maximum atomic E-state index is 11.7. The van der Waals surface area contributed by atoms with Gasteiger partial charge in [0.1, 0.15) is 5.76 Å². The summed E-state index contributed by atoms with van der Waals surface area (Å²) in [5, 5.41) is 2.82. The molecule has 1 N–H and O–H groups in total. The number of benzene rings is 1. The van der Waals surface area contributed by atoms with E-state index < -0.39 is 0 Å². The zero-order chi connectivity index (χ0) is 15.8. The van der Waals surface area contributed by atoms with Crippen LogP contribution in [0.2, 0.25) is 0 Å². The molecule has 0 spiro atoms. The van der Waals surface area contributed by atoms with Crippen LogP contribution in [0.1, 0.15) is 5.56 Å². The Morgan fingerprint density at radius 1 is 1.17 bits per heavy atom. The highest BCUT2D eigenvalue weighted by Crippen LogP contribution is 2.30. The Morgan fingerprint density at radius 2 is 2.09 bits per heavy atom. The van der Waals surface area contributed by atoms with Crippen LogP contribution in [0.15, 0.2) is 58.2 Å². The maximum absolute atomic E-state index is 11.7. The number of imide groups is 1. The van der Waals surface area contributed by atoms with Gasteiger partial charge in [0, 0.05) is 17.1 Å². The van der Waals surface area contributed by atoms with Crippen molar-refractivity contribution < 1.29 is 14.0 Å². The number of nitrogens with zero attached hydrogens (tertiary/aromatic N) is 1. The summed E-state index contributed by atoms with van der Waals surface area (Å²) in [4.78, 5) is 27.6. The van der Waals surface area contributed by atoms with E-state index in [1.807, 2.05) is 36.4 Å². The van der Waals surface area contributed by atoms with Gasteiger partial charge in [-0.2, -0.15) is 0 Å². The van der Waals surface area contributed by atoms with Gasteiger partial charge in [0.05, 0.1) is 16.7 Å². The summed E-state index contributed by atoms with van der Waals surface area (Å²) in [7, 11) is 0. The molecule has 1 saturated heterocycles. The van der Waals surface area contributed by atoms with Gasteiger partial charge in [-0.15, -0.1) is 0 Å². The summed E-state index contributed by atoms with van der Waals surface area (Å²) >= 11 is 0.903. The Hall–Kier alpha value is -2.86. The molecular weight excluding hydrogens is 312 g/mol. The number of thioether (sulfide) groups is 1. The molecule has 0 bridgehead atoms. The zero-order valence-corrected chi connectivity index (χ0v) is 12.6. The first-order valence-corrected chi connectivity index (χ1v) is 7.70. The van der Waals surface area contributed by atoms with E-state index in [0.717, 1.165) is 39.6 Å². The van der Waals surface area contributed by atoms with Gasteiger partial charge in [0.2, 0.25) is 0 Å². The highest BCUT2D eigenvalue weighted by Gasteiger charge is 2.24. The number of hydrogen-bond acceptors (Lipinski definition) is 5. The summed E-state index contributed by atoms with van der Waals surface area (Å²) in [5.74, 6) is 0.392. The molecule has 1 aliphatic rings. The highest BCUT2D eigenvalue weighted by molar-refractivity contribution is 8.18. The molecule has 112 valence electrons. The third-order valence-electron chi connectivity index (χ3n) is 3.49. The summed E-state index contributed by atoms with van der Waals surface area (Å²) in [6.45, 7) is 0. The van der Waals surface area contributed by atoms with Gasteiger partial charge >= 0.3 is 0 Å². The molecule has 0 radical (unpaired) electrons. The van der Waals surface area contributed by atoms with Crippen LogP contribution in [0.4, 0.5) is 4.79 Å². The zero-order valence-electron chi connectivity index (χ0n) is 11.8. The van der Waals surface area contributed by atoms with Crippen molar-refractivity contribution in [1.29, 1.82) is 0 Å². The number of furan rings is 1. The summed E-state index contributed by atoms with van der Waals surface area (Å²) in [6, 6.07) is 11.3. The molecule has 0 unspecified atom stereocenters. The van der Waals surface area contributed by atoms with Crippen molar-refractivity contribution in [2.24, 2.45) is 0 Å². The summed E-state index contributed by atoms with van der Waals surface area (Å²) in [6.07, 6.45) is 5.05. The third kappa shape index (κ3) is 2.53. The average Bonchev–Trinajstić information content (AvgIpc) is 3.17. The summed E-state index contributed by atoms with van der Waals surface area (Å²) < 4.78 is 5.48. The van der Waals surface area contributed by atoms with Gasteiger partial charge < -0.3 is 4.42 Å². The lowest BCUT2D eigenvalue weighted by molar-refractivity contribution is -0.115. The number of pyridine rings is 1. The Bertz CT molecular complexity index is 961. The van der Waals surface area contributed by atoms with E-state index in [0.29, 0.717) is 4.91 Å². The van der Waals surface area contributed by atoms with Crippen molar-refractivity contribution in [3.63, 3.8) is 0 Å². The lowest BCUT2D eigenvalue weighted by atomic mass is 10.0. The lowest BCUT2D eigenvalue weighted by Crippen LogP contribution is -2.17. The smallest absolute Gasteiger partial charge is 0.290 e. The Labute approximate surface area is 135 Å². The van der Waals surface area contributed by atoms with E-state index in [1.54, 1.807) is 18.5 Å². The molecule has 2 aromatic heterocycles. The second-order valence-electron chi connectivity index (χ2n) is 4.96. The van der Waals surface area contributed by atoms with Crippen LogP contribution in [-0.4, -0.2) is 16.1 Å². The Balaban J connectivity index is 1.84. The molecule has 2 amide bonds. The van der Waals surface area contributed by atoms with Gasteiger partial charge in [-0.25, -0.2) is 0 Å². The lowest BCUT2D eigenvalue weighted by Gasteiger charge is -2.05. The molecule has 1 aromatic carbocycles. The minimum Gasteiger partial charge on any atom is -0.464 e. The number of nitrogens with one attached hydrogen (secondary N) is 1. The second-order valence-corrected chi connectivity index (χ2v) is 5.98. The minimum atomic E-state index is -0.363. The minimum absolute atomic E-state index is 0.347. The molecule has 0 saturated carbocycles. The first-order valence-electron chi connectivity index (χ1n) is 6.88. The van der Waals surface area contributed by atoms with E-state index in [4.69, 9.17) is 4.42 Å². The van der Waals surface area contributed by atoms with Gasteiger partial charge in [0.25, 0.3) is 11.1 Å². The van der Waals surface area contributed by atoms with E-state index >= 15 is 0 Å². The standard InChI is InChI=1S/C17H10N2O3S/c20-16-15(23-17(21)19-16)9-10-3-4-13-12(8-10)11(5-6-18-13)14-2-1-7-22-14/h1-9H,(H,19,20,21)/b15-9-. The van der Waals surface area contributed by atoms with Gasteiger partial charge in [-0.05, 0) is 53.7 Å². The van der Waals surface area contributed by atoms with Crippen LogP contribution in [-0.2, 0) is 4.79 Å². The number of carbonyl (C=O) groups is 2. The molecule has 6 heteroatoms. The van der Waals surface area contributed by atoms with Crippen molar-refractivity contribution >= 4 is 39.9 Å². The monoisotopic (exact) mass is 322 g/mol. The molecule has 5 nitrogen and oxygen atoms in total. The molecule has 1 fully saturated rings. The molecular formula is C17H10N2O3S. The van der Waals surface area contributed by atoms with E-state index in [9.17, 15) is 9.59 Å².